The average molecular weight is 518 g/mol. The van der Waals surface area contributed by atoms with E-state index in [9.17, 15) is 24.7 Å². The van der Waals surface area contributed by atoms with Crippen LogP contribution in [0.4, 0.5) is 5.13 Å². The zero-order valence-corrected chi connectivity index (χ0v) is 19.5. The van der Waals surface area contributed by atoms with Gasteiger partial charge in [0.2, 0.25) is 11.5 Å². The molecular weight excluding hydrogens is 502 g/mol. The normalized spacial score (nSPS) is 20.3. The van der Waals surface area contributed by atoms with Gasteiger partial charge in [-0.2, -0.15) is 13.9 Å². The second-order valence-electron chi connectivity index (χ2n) is 7.32. The average Bonchev–Trinajstić information content (AvgIpc) is 3.47. The van der Waals surface area contributed by atoms with E-state index >= 15 is 0 Å². The number of anilines is 1. The summed E-state index contributed by atoms with van der Waals surface area (Å²) in [7, 11) is 0. The number of fused-ring (bicyclic) bond motifs is 2. The number of aromatic nitrogens is 3. The summed E-state index contributed by atoms with van der Waals surface area (Å²) in [5.41, 5.74) is 5.34. The third-order valence-electron chi connectivity index (χ3n) is 5.33. The lowest BCUT2D eigenvalue weighted by Crippen LogP contribution is -2.71. The molecule has 1 unspecified atom stereocenters. The van der Waals surface area contributed by atoms with Crippen LogP contribution in [-0.2, 0) is 20.9 Å². The van der Waals surface area contributed by atoms with Crippen LogP contribution in [0.25, 0.3) is 10.2 Å². The quantitative estimate of drug-likeness (QED) is 0.120. The first-order chi connectivity index (χ1) is 16.4. The van der Waals surface area contributed by atoms with Crippen molar-refractivity contribution in [3.8, 4) is 0 Å². The smallest absolute Gasteiger partial charge is 0.278 e. The largest absolute Gasteiger partial charge is 0.543 e. The fourth-order valence-electron chi connectivity index (χ4n) is 3.85. The molecule has 3 aromatic heterocycles. The molecular formula is C19H15N7O5S3. The second kappa shape index (κ2) is 8.66. The van der Waals surface area contributed by atoms with Gasteiger partial charge in [0.25, 0.3) is 16.6 Å². The van der Waals surface area contributed by atoms with E-state index in [4.69, 9.17) is 5.73 Å². The highest BCUT2D eigenvalue weighted by Crippen LogP contribution is 2.40. The van der Waals surface area contributed by atoms with Crippen LogP contribution in [0, 0.1) is 0 Å². The fourth-order valence-corrected chi connectivity index (χ4v) is 6.49. The SMILES string of the molecule is Nc1nc(C(=NO)C(=O)NC2C(=O)N3C(C(=O)[O-])=C(C[n+]4cccc5ccsc54)CS[C@@H]23)ns1. The van der Waals surface area contributed by atoms with E-state index in [1.165, 1.54) is 23.1 Å². The monoisotopic (exact) mass is 517 g/mol. The Kier molecular flexibility index (Phi) is 5.66. The third kappa shape index (κ3) is 3.66. The van der Waals surface area contributed by atoms with Gasteiger partial charge in [0.15, 0.2) is 17.9 Å². The maximum atomic E-state index is 12.9. The summed E-state index contributed by atoms with van der Waals surface area (Å²) in [6.07, 6.45) is 1.85. The van der Waals surface area contributed by atoms with Gasteiger partial charge >= 0.3 is 0 Å². The number of rotatable bonds is 6. The summed E-state index contributed by atoms with van der Waals surface area (Å²) >= 11 is 3.67. The number of carboxylic acid groups (broad SMARTS) is 1. The van der Waals surface area contributed by atoms with Crippen LogP contribution in [0.2, 0.25) is 0 Å². The Balaban J connectivity index is 1.37. The molecule has 2 aliphatic rings. The third-order valence-corrected chi connectivity index (χ3v) is 8.18. The van der Waals surface area contributed by atoms with Gasteiger partial charge in [-0.3, -0.25) is 14.5 Å². The van der Waals surface area contributed by atoms with Crippen molar-refractivity contribution in [2.24, 2.45) is 5.16 Å². The number of nitrogens with two attached hydrogens (primary N) is 1. The predicted molar refractivity (Wildman–Crippen MR) is 122 cm³/mol. The number of carbonyl (C=O) groups is 3. The molecule has 3 aromatic rings. The van der Waals surface area contributed by atoms with Crippen molar-refractivity contribution in [3.63, 3.8) is 0 Å². The van der Waals surface area contributed by atoms with Gasteiger partial charge in [-0.15, -0.1) is 11.8 Å². The molecule has 1 saturated heterocycles. The highest BCUT2D eigenvalue weighted by Gasteiger charge is 2.53. The number of hydrogen-bond donors (Lipinski definition) is 3. The van der Waals surface area contributed by atoms with Crippen molar-refractivity contribution >= 4 is 73.5 Å². The summed E-state index contributed by atoms with van der Waals surface area (Å²) in [6, 6.07) is 4.79. The highest BCUT2D eigenvalue weighted by atomic mass is 32.2. The maximum absolute atomic E-state index is 12.9. The van der Waals surface area contributed by atoms with E-state index in [1.807, 2.05) is 34.3 Å². The molecule has 2 amide bonds. The van der Waals surface area contributed by atoms with Crippen LogP contribution >= 0.6 is 34.6 Å². The number of nitrogen functional groups attached to an aromatic ring is 1. The van der Waals surface area contributed by atoms with E-state index in [2.05, 4.69) is 19.8 Å². The molecule has 174 valence electrons. The molecule has 0 aromatic carbocycles. The zero-order chi connectivity index (χ0) is 24.0. The minimum absolute atomic E-state index is 0.0741. The van der Waals surface area contributed by atoms with Crippen LogP contribution in [-0.4, -0.2) is 60.1 Å². The molecule has 5 heterocycles. The minimum atomic E-state index is -1.46. The second-order valence-corrected chi connectivity index (χ2v) is 10.1. The molecule has 0 bridgehead atoms. The number of carbonyl (C=O) groups excluding carboxylic acids is 3. The molecule has 0 spiro atoms. The van der Waals surface area contributed by atoms with Gasteiger partial charge in [0.05, 0.1) is 17.1 Å². The van der Waals surface area contributed by atoms with Crippen molar-refractivity contribution in [2.75, 3.05) is 11.5 Å². The van der Waals surface area contributed by atoms with Crippen molar-refractivity contribution in [1.29, 1.82) is 0 Å². The van der Waals surface area contributed by atoms with E-state index < -0.39 is 34.9 Å². The van der Waals surface area contributed by atoms with Crippen molar-refractivity contribution in [2.45, 2.75) is 18.0 Å². The Bertz CT molecular complexity index is 1400. The molecule has 0 aliphatic carbocycles. The number of nitrogens with zero attached hydrogens (tertiary/aromatic N) is 5. The number of nitrogens with one attached hydrogen (secondary N) is 1. The van der Waals surface area contributed by atoms with Crippen LogP contribution in [0.5, 0.6) is 0 Å². The lowest BCUT2D eigenvalue weighted by molar-refractivity contribution is -0.661. The summed E-state index contributed by atoms with van der Waals surface area (Å²) in [4.78, 5) is 43.4. The van der Waals surface area contributed by atoms with E-state index in [1.54, 1.807) is 0 Å². The Labute approximate surface area is 203 Å². The number of amides is 2. The number of carboxylic acids is 1. The number of thiophene rings is 1. The lowest BCUT2D eigenvalue weighted by atomic mass is 10.0. The van der Waals surface area contributed by atoms with E-state index in [-0.39, 0.29) is 23.2 Å². The van der Waals surface area contributed by atoms with E-state index in [0.717, 1.165) is 26.6 Å². The molecule has 12 nitrogen and oxygen atoms in total. The van der Waals surface area contributed by atoms with Crippen molar-refractivity contribution in [1.82, 2.24) is 19.6 Å². The van der Waals surface area contributed by atoms with Crippen LogP contribution < -0.4 is 20.7 Å². The van der Waals surface area contributed by atoms with E-state index in [0.29, 0.717) is 11.3 Å². The molecule has 34 heavy (non-hydrogen) atoms. The predicted octanol–water partition coefficient (Wildman–Crippen LogP) is -1.10. The molecule has 1 fully saturated rings. The van der Waals surface area contributed by atoms with Crippen LogP contribution in [0.15, 0.2) is 46.2 Å². The number of hydrogen-bond acceptors (Lipinski definition) is 12. The van der Waals surface area contributed by atoms with Crippen molar-refractivity contribution < 1.29 is 29.3 Å². The Hall–Kier alpha value is -3.56. The molecule has 0 saturated carbocycles. The minimum Gasteiger partial charge on any atom is -0.543 e. The Morgan fingerprint density at radius 2 is 2.24 bits per heavy atom. The van der Waals surface area contributed by atoms with Crippen LogP contribution in [0.3, 0.4) is 0 Å². The zero-order valence-electron chi connectivity index (χ0n) is 17.1. The lowest BCUT2D eigenvalue weighted by Gasteiger charge is -2.50. The van der Waals surface area contributed by atoms with Gasteiger partial charge in [-0.05, 0) is 17.5 Å². The van der Waals surface area contributed by atoms with Gasteiger partial charge in [0.1, 0.15) is 11.4 Å². The highest BCUT2D eigenvalue weighted by molar-refractivity contribution is 8.00. The molecule has 2 aliphatic heterocycles. The standard InChI is InChI=1S/C19H15N7O5S3/c20-19-22-13(24-34-19)10(23-31)14(27)21-11-15(28)26-12(18(29)30)9(7-33-17(11)26)6-25-4-1-2-8-3-5-32-16(8)25/h1-5,11,17H,6-7H2,(H4-,20,21,22,24,27,29,30,31)/t11?,17-/m0/s1. The van der Waals surface area contributed by atoms with Gasteiger partial charge in [0, 0.05) is 28.9 Å². The van der Waals surface area contributed by atoms with Crippen molar-refractivity contribution in [3.05, 3.63) is 46.9 Å². The summed E-state index contributed by atoms with van der Waals surface area (Å²) in [5, 5.41) is 29.1. The summed E-state index contributed by atoms with van der Waals surface area (Å²) in [5.74, 6) is -2.81. The molecule has 15 heteroatoms. The van der Waals surface area contributed by atoms with Gasteiger partial charge in [-0.1, -0.05) is 16.5 Å². The Morgan fingerprint density at radius 3 is 2.94 bits per heavy atom. The molecule has 0 radical (unpaired) electrons. The first-order valence-electron chi connectivity index (χ1n) is 9.75. The number of β-lactam (4-membered cyclic amide) rings is 1. The van der Waals surface area contributed by atoms with Crippen LogP contribution in [0.1, 0.15) is 5.82 Å². The molecule has 4 N–H and O–H groups in total. The first-order valence-corrected chi connectivity index (χ1v) is 12.5. The number of thioether (sulfide) groups is 1. The number of pyridine rings is 1. The summed E-state index contributed by atoms with van der Waals surface area (Å²) in [6.45, 7) is 0.278. The Morgan fingerprint density at radius 1 is 1.41 bits per heavy atom. The summed E-state index contributed by atoms with van der Waals surface area (Å²) < 4.78 is 5.75. The van der Waals surface area contributed by atoms with Gasteiger partial charge < -0.3 is 26.2 Å². The number of aliphatic carboxylic acids is 1. The topological polar surface area (TPSA) is 178 Å². The number of oxime groups is 1. The first kappa shape index (κ1) is 22.2. The maximum Gasteiger partial charge on any atom is 0.278 e. The van der Waals surface area contributed by atoms with Gasteiger partial charge in [-0.25, -0.2) is 0 Å². The fraction of sp³-hybridized carbons (Fsp3) is 0.211. The molecule has 2 atom stereocenters. The molecule has 5 rings (SSSR count).